The van der Waals surface area contributed by atoms with Crippen molar-refractivity contribution < 1.29 is 24.1 Å². The van der Waals surface area contributed by atoms with Crippen molar-refractivity contribution in [2.45, 2.75) is 25.9 Å². The van der Waals surface area contributed by atoms with Crippen LogP contribution in [0.2, 0.25) is 0 Å². The number of hydrogen-bond donors (Lipinski definition) is 1. The lowest BCUT2D eigenvalue weighted by Gasteiger charge is -2.39. The molecule has 2 aromatic rings. The standard InChI is InChI=1S/C22H28N2O5/c1-3-29-20-6-5-17(12-21(20)27-2)18-13-24(14-18)22(26)19-11-16(7-8-23-19)15-28-10-4-9-25/h5-8,11-12,18,25H,3-4,9-10,13-15H2,1-2H3. The van der Waals surface area contributed by atoms with Gasteiger partial charge in [0, 0.05) is 38.4 Å². The summed E-state index contributed by atoms with van der Waals surface area (Å²) in [6.45, 7) is 4.81. The zero-order valence-electron chi connectivity index (χ0n) is 17.0. The number of rotatable bonds is 10. The highest BCUT2D eigenvalue weighted by atomic mass is 16.5. The van der Waals surface area contributed by atoms with Crippen molar-refractivity contribution >= 4 is 5.91 Å². The van der Waals surface area contributed by atoms with Gasteiger partial charge in [0.1, 0.15) is 5.69 Å². The number of aliphatic hydroxyl groups excluding tert-OH is 1. The van der Waals surface area contributed by atoms with Gasteiger partial charge < -0.3 is 24.2 Å². The van der Waals surface area contributed by atoms with Crippen molar-refractivity contribution in [2.75, 3.05) is 40.0 Å². The van der Waals surface area contributed by atoms with E-state index in [1.165, 1.54) is 0 Å². The molecule has 1 aromatic carbocycles. The Bertz CT molecular complexity index is 821. The minimum atomic E-state index is -0.0728. The van der Waals surface area contributed by atoms with E-state index in [0.717, 1.165) is 16.9 Å². The molecule has 3 rings (SSSR count). The highest BCUT2D eigenvalue weighted by Crippen LogP contribution is 2.35. The van der Waals surface area contributed by atoms with Crippen molar-refractivity contribution in [3.05, 3.63) is 53.3 Å². The Kier molecular flexibility index (Phi) is 7.43. The van der Waals surface area contributed by atoms with E-state index in [9.17, 15) is 4.79 Å². The summed E-state index contributed by atoms with van der Waals surface area (Å²) in [5.41, 5.74) is 2.46. The molecule has 1 saturated heterocycles. The molecule has 156 valence electrons. The highest BCUT2D eigenvalue weighted by Gasteiger charge is 2.33. The van der Waals surface area contributed by atoms with Gasteiger partial charge in [0.05, 0.1) is 20.3 Å². The number of methoxy groups -OCH3 is 1. The molecular formula is C22H28N2O5. The van der Waals surface area contributed by atoms with Crippen LogP contribution in [0.25, 0.3) is 0 Å². The third-order valence-corrected chi connectivity index (χ3v) is 4.89. The maximum absolute atomic E-state index is 12.7. The van der Waals surface area contributed by atoms with Gasteiger partial charge in [0.25, 0.3) is 5.91 Å². The number of aromatic nitrogens is 1. The fraction of sp³-hybridized carbons (Fsp3) is 0.455. The molecular weight excluding hydrogens is 372 g/mol. The third-order valence-electron chi connectivity index (χ3n) is 4.89. The molecule has 0 atom stereocenters. The summed E-state index contributed by atoms with van der Waals surface area (Å²) in [6, 6.07) is 9.54. The van der Waals surface area contributed by atoms with Crippen LogP contribution >= 0.6 is 0 Å². The number of aliphatic hydroxyl groups is 1. The van der Waals surface area contributed by atoms with Crippen LogP contribution in [0.3, 0.4) is 0 Å². The Morgan fingerprint density at radius 3 is 2.79 bits per heavy atom. The largest absolute Gasteiger partial charge is 0.493 e. The first kappa shape index (κ1) is 21.1. The number of likely N-dealkylation sites (tertiary alicyclic amines) is 1. The fourth-order valence-corrected chi connectivity index (χ4v) is 3.27. The van der Waals surface area contributed by atoms with Crippen LogP contribution in [0.5, 0.6) is 11.5 Å². The zero-order valence-corrected chi connectivity index (χ0v) is 17.0. The first-order valence-electron chi connectivity index (χ1n) is 9.89. The van der Waals surface area contributed by atoms with E-state index in [2.05, 4.69) is 4.98 Å². The monoisotopic (exact) mass is 400 g/mol. The minimum Gasteiger partial charge on any atom is -0.493 e. The third kappa shape index (κ3) is 5.25. The topological polar surface area (TPSA) is 81.1 Å². The van der Waals surface area contributed by atoms with E-state index in [-0.39, 0.29) is 18.4 Å². The summed E-state index contributed by atoms with van der Waals surface area (Å²) in [4.78, 5) is 18.8. The Morgan fingerprint density at radius 1 is 1.24 bits per heavy atom. The minimum absolute atomic E-state index is 0.0728. The second-order valence-electron chi connectivity index (χ2n) is 6.93. The second-order valence-corrected chi connectivity index (χ2v) is 6.93. The van der Waals surface area contributed by atoms with Crippen LogP contribution in [-0.4, -0.2) is 60.9 Å². The number of ether oxygens (including phenoxy) is 3. The van der Waals surface area contributed by atoms with Crippen molar-refractivity contribution in [1.29, 1.82) is 0 Å². The molecule has 0 bridgehead atoms. The number of benzene rings is 1. The molecule has 0 aliphatic carbocycles. The Morgan fingerprint density at radius 2 is 2.07 bits per heavy atom. The predicted octanol–water partition coefficient (Wildman–Crippen LogP) is 2.63. The van der Waals surface area contributed by atoms with Gasteiger partial charge in [0.2, 0.25) is 0 Å². The molecule has 29 heavy (non-hydrogen) atoms. The highest BCUT2D eigenvalue weighted by molar-refractivity contribution is 5.93. The molecule has 0 unspecified atom stereocenters. The SMILES string of the molecule is CCOc1ccc(C2CN(C(=O)c3cc(COCCCO)ccn3)C2)cc1OC. The van der Waals surface area contributed by atoms with E-state index >= 15 is 0 Å². The molecule has 1 aliphatic rings. The average molecular weight is 400 g/mol. The lowest BCUT2D eigenvalue weighted by molar-refractivity contribution is 0.0595. The van der Waals surface area contributed by atoms with Crippen LogP contribution in [0.1, 0.15) is 40.9 Å². The Labute approximate surface area is 171 Å². The molecule has 1 fully saturated rings. The van der Waals surface area contributed by atoms with E-state index < -0.39 is 0 Å². The van der Waals surface area contributed by atoms with Gasteiger partial charge in [0.15, 0.2) is 11.5 Å². The first-order chi connectivity index (χ1) is 14.2. The van der Waals surface area contributed by atoms with Crippen molar-refractivity contribution in [2.24, 2.45) is 0 Å². The average Bonchev–Trinajstić information content (AvgIpc) is 2.71. The number of pyridine rings is 1. The van der Waals surface area contributed by atoms with E-state index in [1.807, 2.05) is 31.2 Å². The lowest BCUT2D eigenvalue weighted by Crippen LogP contribution is -2.48. The smallest absolute Gasteiger partial charge is 0.272 e. The summed E-state index contributed by atoms with van der Waals surface area (Å²) >= 11 is 0. The summed E-state index contributed by atoms with van der Waals surface area (Å²) in [6.07, 6.45) is 2.23. The number of carbonyl (C=O) groups excluding carboxylic acids is 1. The Balaban J connectivity index is 1.57. The molecule has 7 nitrogen and oxygen atoms in total. The summed E-state index contributed by atoms with van der Waals surface area (Å²) in [5.74, 6) is 1.64. The molecule has 1 aliphatic heterocycles. The molecule has 0 saturated carbocycles. The summed E-state index contributed by atoms with van der Waals surface area (Å²) in [7, 11) is 1.63. The van der Waals surface area contributed by atoms with Gasteiger partial charge in [-0.05, 0) is 48.7 Å². The summed E-state index contributed by atoms with van der Waals surface area (Å²) in [5, 5.41) is 8.79. The zero-order chi connectivity index (χ0) is 20.6. The van der Waals surface area contributed by atoms with Crippen molar-refractivity contribution in [3.63, 3.8) is 0 Å². The van der Waals surface area contributed by atoms with Gasteiger partial charge in [-0.1, -0.05) is 6.07 Å². The lowest BCUT2D eigenvalue weighted by atomic mass is 9.91. The molecule has 2 heterocycles. The van der Waals surface area contributed by atoms with Crippen LogP contribution in [-0.2, 0) is 11.3 Å². The second kappa shape index (κ2) is 10.2. The van der Waals surface area contributed by atoms with Gasteiger partial charge >= 0.3 is 0 Å². The van der Waals surface area contributed by atoms with Crippen LogP contribution in [0, 0.1) is 0 Å². The molecule has 1 amide bonds. The Hall–Kier alpha value is -2.64. The fourth-order valence-electron chi connectivity index (χ4n) is 3.27. The van der Waals surface area contributed by atoms with Crippen LogP contribution in [0.15, 0.2) is 36.5 Å². The molecule has 1 aromatic heterocycles. The maximum Gasteiger partial charge on any atom is 0.272 e. The number of amides is 1. The van der Waals surface area contributed by atoms with Gasteiger partial charge in [-0.15, -0.1) is 0 Å². The molecule has 7 heteroatoms. The molecule has 0 radical (unpaired) electrons. The maximum atomic E-state index is 12.7. The van der Waals surface area contributed by atoms with Crippen molar-refractivity contribution in [3.8, 4) is 11.5 Å². The number of nitrogens with zero attached hydrogens (tertiary/aromatic N) is 2. The predicted molar refractivity (Wildman–Crippen MR) is 108 cm³/mol. The van der Waals surface area contributed by atoms with Gasteiger partial charge in [-0.2, -0.15) is 0 Å². The van der Waals surface area contributed by atoms with E-state index in [4.69, 9.17) is 19.3 Å². The normalized spacial score (nSPS) is 13.8. The van der Waals surface area contributed by atoms with Gasteiger partial charge in [-0.3, -0.25) is 9.78 Å². The molecule has 1 N–H and O–H groups in total. The van der Waals surface area contributed by atoms with E-state index in [0.29, 0.717) is 50.8 Å². The van der Waals surface area contributed by atoms with Crippen LogP contribution < -0.4 is 9.47 Å². The van der Waals surface area contributed by atoms with Crippen LogP contribution in [0.4, 0.5) is 0 Å². The quantitative estimate of drug-likeness (QED) is 0.618. The number of hydrogen-bond acceptors (Lipinski definition) is 6. The molecule has 0 spiro atoms. The van der Waals surface area contributed by atoms with E-state index in [1.54, 1.807) is 24.3 Å². The van der Waals surface area contributed by atoms with Crippen molar-refractivity contribution in [1.82, 2.24) is 9.88 Å². The summed E-state index contributed by atoms with van der Waals surface area (Å²) < 4.78 is 16.5. The first-order valence-corrected chi connectivity index (χ1v) is 9.89. The number of carbonyl (C=O) groups is 1. The van der Waals surface area contributed by atoms with Gasteiger partial charge in [-0.25, -0.2) is 0 Å².